The average Bonchev–Trinajstić information content (AvgIpc) is 3.08. The molecule has 4 heteroatoms. The van der Waals surface area contributed by atoms with Crippen LogP contribution in [-0.4, -0.2) is 30.1 Å². The molecule has 1 aromatic heterocycles. The first-order valence-electron chi connectivity index (χ1n) is 10.6. The maximum atomic E-state index is 6.73. The van der Waals surface area contributed by atoms with Crippen molar-refractivity contribution in [2.24, 2.45) is 0 Å². The number of benzene rings is 2. The Hall–Kier alpha value is -1.81. The van der Waals surface area contributed by atoms with E-state index in [4.69, 9.17) is 16.3 Å². The van der Waals surface area contributed by atoms with Crippen molar-refractivity contribution in [2.45, 2.75) is 56.3 Å². The summed E-state index contributed by atoms with van der Waals surface area (Å²) in [6.07, 6.45) is 5.33. The monoisotopic (exact) mass is 408 g/mol. The molecular weight excluding hydrogens is 380 g/mol. The predicted octanol–water partition coefficient (Wildman–Crippen LogP) is 6.01. The summed E-state index contributed by atoms with van der Waals surface area (Å²) in [4.78, 5) is 6.13. The molecular formula is C25H29ClN2O. The molecule has 0 bridgehead atoms. The standard InChI is InChI=1S/C25H29ClN2O/c1-17-15-21-20-16-19(26)9-10-22(20)27-23(21)25(29-17)13-11-24(12-14-25,28(2)3)18-7-5-4-6-8-18/h4-10,16-17,27H,11-15H2,1-3H3. The van der Waals surface area contributed by atoms with E-state index in [9.17, 15) is 0 Å². The Labute approximate surface area is 178 Å². The Morgan fingerprint density at radius 2 is 1.76 bits per heavy atom. The summed E-state index contributed by atoms with van der Waals surface area (Å²) < 4.78 is 6.73. The Morgan fingerprint density at radius 3 is 2.45 bits per heavy atom. The van der Waals surface area contributed by atoms with Gasteiger partial charge in [-0.05, 0) is 76.0 Å². The van der Waals surface area contributed by atoms with Crippen LogP contribution in [0.5, 0.6) is 0 Å². The summed E-state index contributed by atoms with van der Waals surface area (Å²) in [5, 5.41) is 2.06. The molecule has 1 N–H and O–H groups in total. The predicted molar refractivity (Wildman–Crippen MR) is 120 cm³/mol. The zero-order valence-electron chi connectivity index (χ0n) is 17.5. The molecule has 0 saturated heterocycles. The van der Waals surface area contributed by atoms with E-state index >= 15 is 0 Å². The lowest BCUT2D eigenvalue weighted by Crippen LogP contribution is -2.51. The number of aromatic amines is 1. The van der Waals surface area contributed by atoms with Gasteiger partial charge >= 0.3 is 0 Å². The lowest BCUT2D eigenvalue weighted by molar-refractivity contribution is -0.145. The number of hydrogen-bond donors (Lipinski definition) is 1. The van der Waals surface area contributed by atoms with Gasteiger partial charge in [-0.25, -0.2) is 0 Å². The number of fused-ring (bicyclic) bond motifs is 4. The summed E-state index contributed by atoms with van der Waals surface area (Å²) in [6, 6.07) is 17.1. The van der Waals surface area contributed by atoms with Crippen molar-refractivity contribution in [1.29, 1.82) is 0 Å². The number of halogens is 1. The van der Waals surface area contributed by atoms with E-state index in [0.717, 1.165) is 37.1 Å². The molecule has 5 rings (SSSR count). The minimum Gasteiger partial charge on any atom is -0.365 e. The zero-order chi connectivity index (χ0) is 20.2. The fraction of sp³-hybridized carbons (Fsp3) is 0.440. The van der Waals surface area contributed by atoms with Crippen LogP contribution in [0, 0.1) is 0 Å². The van der Waals surface area contributed by atoms with Crippen molar-refractivity contribution in [1.82, 2.24) is 9.88 Å². The second-order valence-electron chi connectivity index (χ2n) is 9.09. The van der Waals surface area contributed by atoms with Crippen LogP contribution < -0.4 is 0 Å². The van der Waals surface area contributed by atoms with Crippen molar-refractivity contribution in [2.75, 3.05) is 14.1 Å². The van der Waals surface area contributed by atoms with Gasteiger partial charge in [-0.2, -0.15) is 0 Å². The van der Waals surface area contributed by atoms with Crippen LogP contribution >= 0.6 is 11.6 Å². The highest BCUT2D eigenvalue weighted by Crippen LogP contribution is 2.53. The Balaban J connectivity index is 1.56. The van der Waals surface area contributed by atoms with Crippen LogP contribution in [0.4, 0.5) is 0 Å². The van der Waals surface area contributed by atoms with Gasteiger partial charge in [0.1, 0.15) is 5.60 Å². The molecule has 2 heterocycles. The lowest BCUT2D eigenvalue weighted by atomic mass is 9.67. The number of ether oxygens (including phenoxy) is 1. The third-order valence-corrected chi connectivity index (χ3v) is 7.53. The molecule has 1 unspecified atom stereocenters. The van der Waals surface area contributed by atoms with E-state index in [1.807, 2.05) is 6.07 Å². The second-order valence-corrected chi connectivity index (χ2v) is 9.52. The highest BCUT2D eigenvalue weighted by molar-refractivity contribution is 6.31. The number of aromatic nitrogens is 1. The molecule has 29 heavy (non-hydrogen) atoms. The van der Waals surface area contributed by atoms with E-state index in [-0.39, 0.29) is 17.2 Å². The van der Waals surface area contributed by atoms with Crippen LogP contribution in [0.1, 0.15) is 49.4 Å². The lowest BCUT2D eigenvalue weighted by Gasteiger charge is -2.51. The first kappa shape index (κ1) is 19.2. The third kappa shape index (κ3) is 2.94. The van der Waals surface area contributed by atoms with Gasteiger partial charge in [-0.3, -0.25) is 4.90 Å². The van der Waals surface area contributed by atoms with Crippen molar-refractivity contribution >= 4 is 22.5 Å². The number of nitrogens with zero attached hydrogens (tertiary/aromatic N) is 1. The van der Waals surface area contributed by atoms with Gasteiger partial charge in [0, 0.05) is 27.9 Å². The van der Waals surface area contributed by atoms with Gasteiger partial charge in [-0.15, -0.1) is 0 Å². The summed E-state index contributed by atoms with van der Waals surface area (Å²) in [6.45, 7) is 2.21. The van der Waals surface area contributed by atoms with Crippen molar-refractivity contribution in [3.8, 4) is 0 Å². The number of H-pyrrole nitrogens is 1. The van der Waals surface area contributed by atoms with E-state index in [1.165, 1.54) is 27.7 Å². The average molecular weight is 409 g/mol. The summed E-state index contributed by atoms with van der Waals surface area (Å²) in [5.74, 6) is 0. The molecule has 1 spiro atoms. The number of hydrogen-bond acceptors (Lipinski definition) is 2. The van der Waals surface area contributed by atoms with Crippen LogP contribution in [0.2, 0.25) is 5.02 Å². The van der Waals surface area contributed by atoms with Crippen molar-refractivity contribution in [3.05, 3.63) is 70.4 Å². The SMILES string of the molecule is CC1Cc2c([nH]c3ccc(Cl)cc23)C2(CCC(c3ccccc3)(N(C)C)CC2)O1. The fourth-order valence-corrected chi connectivity index (χ4v) is 5.94. The van der Waals surface area contributed by atoms with Gasteiger partial charge in [0.25, 0.3) is 0 Å². The highest BCUT2D eigenvalue weighted by atomic mass is 35.5. The van der Waals surface area contributed by atoms with Gasteiger partial charge < -0.3 is 9.72 Å². The van der Waals surface area contributed by atoms with Crippen molar-refractivity contribution in [3.63, 3.8) is 0 Å². The fourth-order valence-electron chi connectivity index (χ4n) is 5.77. The van der Waals surface area contributed by atoms with Gasteiger partial charge in [0.2, 0.25) is 0 Å². The maximum absolute atomic E-state index is 6.73. The molecule has 2 aromatic carbocycles. The van der Waals surface area contributed by atoms with Crippen LogP contribution in [-0.2, 0) is 22.3 Å². The van der Waals surface area contributed by atoms with Gasteiger partial charge in [-0.1, -0.05) is 41.9 Å². The molecule has 3 nitrogen and oxygen atoms in total. The van der Waals surface area contributed by atoms with Crippen LogP contribution in [0.15, 0.2) is 48.5 Å². The highest BCUT2D eigenvalue weighted by Gasteiger charge is 2.50. The molecule has 1 atom stereocenters. The first-order valence-corrected chi connectivity index (χ1v) is 11.0. The molecule has 1 saturated carbocycles. The van der Waals surface area contributed by atoms with Gasteiger partial charge in [0.05, 0.1) is 11.8 Å². The Morgan fingerprint density at radius 1 is 1.03 bits per heavy atom. The molecule has 3 aromatic rings. The minimum atomic E-state index is -0.229. The minimum absolute atomic E-state index is 0.0615. The van der Waals surface area contributed by atoms with E-state index in [1.54, 1.807) is 0 Å². The normalized spacial score (nSPS) is 29.5. The largest absolute Gasteiger partial charge is 0.365 e. The number of nitrogens with one attached hydrogen (secondary N) is 1. The molecule has 1 fully saturated rings. The molecule has 152 valence electrons. The van der Waals surface area contributed by atoms with Gasteiger partial charge in [0.15, 0.2) is 0 Å². The van der Waals surface area contributed by atoms with Crippen LogP contribution in [0.25, 0.3) is 10.9 Å². The third-order valence-electron chi connectivity index (χ3n) is 7.29. The summed E-state index contributed by atoms with van der Waals surface area (Å²) in [5.41, 5.74) is 5.10. The molecule has 1 aliphatic carbocycles. The van der Waals surface area contributed by atoms with Crippen molar-refractivity contribution < 1.29 is 4.74 Å². The molecule has 0 amide bonds. The number of rotatable bonds is 2. The maximum Gasteiger partial charge on any atom is 0.109 e. The Kier molecular flexibility index (Phi) is 4.54. The first-order chi connectivity index (χ1) is 13.9. The quantitative estimate of drug-likeness (QED) is 0.562. The molecule has 1 aliphatic heterocycles. The molecule has 2 aliphatic rings. The smallest absolute Gasteiger partial charge is 0.109 e. The second kappa shape index (κ2) is 6.87. The Bertz CT molecular complexity index is 1030. The topological polar surface area (TPSA) is 28.3 Å². The van der Waals surface area contributed by atoms with E-state index in [2.05, 4.69) is 73.4 Å². The zero-order valence-corrected chi connectivity index (χ0v) is 18.2. The van der Waals surface area contributed by atoms with E-state index in [0.29, 0.717) is 0 Å². The summed E-state index contributed by atoms with van der Waals surface area (Å²) in [7, 11) is 4.43. The molecule has 0 radical (unpaired) electrons. The van der Waals surface area contributed by atoms with E-state index < -0.39 is 0 Å². The summed E-state index contributed by atoms with van der Waals surface area (Å²) >= 11 is 6.32. The van der Waals surface area contributed by atoms with Crippen LogP contribution in [0.3, 0.4) is 0 Å².